The van der Waals surface area contributed by atoms with Gasteiger partial charge in [-0.05, 0) is 12.8 Å². The SMILES string of the molecule is O=C(O)CN(CCCOCCCN(CC(=O)O)CC(=O)O)CC(=O)O. The van der Waals surface area contributed by atoms with Gasteiger partial charge < -0.3 is 25.2 Å². The maximum atomic E-state index is 10.6. The lowest BCUT2D eigenvalue weighted by Crippen LogP contribution is -2.36. The number of rotatable bonds is 16. The Kier molecular flexibility index (Phi) is 11.9. The average Bonchev–Trinajstić information content (AvgIpc) is 2.43. The Morgan fingerprint density at radius 1 is 0.600 bits per heavy atom. The predicted molar refractivity (Wildman–Crippen MR) is 83.5 cm³/mol. The third-order valence-electron chi connectivity index (χ3n) is 2.96. The van der Waals surface area contributed by atoms with Gasteiger partial charge in [0.2, 0.25) is 0 Å². The van der Waals surface area contributed by atoms with E-state index in [2.05, 4.69) is 0 Å². The van der Waals surface area contributed by atoms with Crippen molar-refractivity contribution in [2.45, 2.75) is 12.8 Å². The molecule has 11 heteroatoms. The van der Waals surface area contributed by atoms with E-state index in [0.717, 1.165) is 0 Å². The van der Waals surface area contributed by atoms with Crippen LogP contribution in [0, 0.1) is 0 Å². The lowest BCUT2D eigenvalue weighted by atomic mass is 10.3. The molecule has 0 bridgehead atoms. The molecule has 0 aliphatic rings. The van der Waals surface area contributed by atoms with Gasteiger partial charge in [0.15, 0.2) is 0 Å². The zero-order valence-electron chi connectivity index (χ0n) is 13.8. The number of hydrogen-bond acceptors (Lipinski definition) is 7. The minimum absolute atomic E-state index is 0.253. The largest absolute Gasteiger partial charge is 0.480 e. The van der Waals surface area contributed by atoms with E-state index in [1.54, 1.807) is 0 Å². The van der Waals surface area contributed by atoms with Crippen molar-refractivity contribution >= 4 is 23.9 Å². The van der Waals surface area contributed by atoms with Crippen LogP contribution >= 0.6 is 0 Å². The molecule has 11 nitrogen and oxygen atoms in total. The Morgan fingerprint density at radius 3 is 1.12 bits per heavy atom. The minimum atomic E-state index is -1.11. The molecule has 0 aromatic rings. The van der Waals surface area contributed by atoms with Crippen molar-refractivity contribution in [3.05, 3.63) is 0 Å². The monoisotopic (exact) mass is 364 g/mol. The number of carboxylic acid groups (broad SMARTS) is 4. The molecule has 0 rings (SSSR count). The molecular formula is C14H24N2O9. The lowest BCUT2D eigenvalue weighted by Gasteiger charge is -2.18. The first-order valence-electron chi connectivity index (χ1n) is 7.60. The van der Waals surface area contributed by atoms with Crippen LogP contribution in [0.2, 0.25) is 0 Å². The molecule has 0 aliphatic heterocycles. The first-order valence-corrected chi connectivity index (χ1v) is 7.60. The van der Waals surface area contributed by atoms with Gasteiger partial charge in [0, 0.05) is 26.3 Å². The standard InChI is InChI=1S/C14H24N2O9/c17-11(18)7-15(8-12(19)20)3-1-5-25-6-2-4-16(9-13(21)22)10-14(23)24/h1-10H2,(H,17,18)(H,19,20)(H,21,22)(H,23,24). The van der Waals surface area contributed by atoms with Crippen LogP contribution in [0.5, 0.6) is 0 Å². The zero-order valence-corrected chi connectivity index (χ0v) is 13.8. The van der Waals surface area contributed by atoms with Crippen molar-refractivity contribution in [2.75, 3.05) is 52.5 Å². The molecule has 0 amide bonds. The van der Waals surface area contributed by atoms with E-state index in [9.17, 15) is 19.2 Å². The maximum absolute atomic E-state index is 10.6. The Bertz CT molecular complexity index is 384. The summed E-state index contributed by atoms with van der Waals surface area (Å²) >= 11 is 0. The van der Waals surface area contributed by atoms with E-state index in [1.165, 1.54) is 9.80 Å². The third-order valence-corrected chi connectivity index (χ3v) is 2.96. The number of carboxylic acids is 4. The van der Waals surface area contributed by atoms with Crippen molar-refractivity contribution in [2.24, 2.45) is 0 Å². The molecule has 4 N–H and O–H groups in total. The molecule has 0 fully saturated rings. The summed E-state index contributed by atoms with van der Waals surface area (Å²) in [6.45, 7) is -0.402. The first kappa shape index (κ1) is 22.8. The highest BCUT2D eigenvalue weighted by atomic mass is 16.5. The van der Waals surface area contributed by atoms with Gasteiger partial charge in [-0.2, -0.15) is 0 Å². The van der Waals surface area contributed by atoms with E-state index >= 15 is 0 Å². The normalized spacial score (nSPS) is 11.0. The van der Waals surface area contributed by atoms with Crippen LogP contribution < -0.4 is 0 Å². The zero-order chi connectivity index (χ0) is 19.2. The van der Waals surface area contributed by atoms with E-state index in [0.29, 0.717) is 12.8 Å². The Labute approximate surface area is 144 Å². The number of ether oxygens (including phenoxy) is 1. The van der Waals surface area contributed by atoms with E-state index in [4.69, 9.17) is 25.2 Å². The van der Waals surface area contributed by atoms with E-state index in [1.807, 2.05) is 0 Å². The molecule has 0 saturated carbocycles. The van der Waals surface area contributed by atoms with Crippen LogP contribution in [0.4, 0.5) is 0 Å². The van der Waals surface area contributed by atoms with Gasteiger partial charge in [0.05, 0.1) is 26.2 Å². The highest BCUT2D eigenvalue weighted by molar-refractivity contribution is 5.73. The fourth-order valence-corrected chi connectivity index (χ4v) is 2.08. The first-order chi connectivity index (χ1) is 11.7. The van der Waals surface area contributed by atoms with Crippen LogP contribution in [-0.2, 0) is 23.9 Å². The molecule has 144 valence electrons. The van der Waals surface area contributed by atoms with Crippen molar-refractivity contribution in [3.8, 4) is 0 Å². The summed E-state index contributed by atoms with van der Waals surface area (Å²) in [6, 6.07) is 0. The number of hydrogen-bond donors (Lipinski definition) is 4. The van der Waals surface area contributed by atoms with Gasteiger partial charge >= 0.3 is 23.9 Å². The molecule has 0 heterocycles. The van der Waals surface area contributed by atoms with Gasteiger partial charge in [-0.1, -0.05) is 0 Å². The maximum Gasteiger partial charge on any atom is 0.317 e. The summed E-state index contributed by atoms with van der Waals surface area (Å²) in [7, 11) is 0. The molecule has 0 radical (unpaired) electrons. The summed E-state index contributed by atoms with van der Waals surface area (Å²) in [5, 5.41) is 34.8. The van der Waals surface area contributed by atoms with Crippen LogP contribution in [0.25, 0.3) is 0 Å². The molecule has 0 saturated heterocycles. The summed E-state index contributed by atoms with van der Waals surface area (Å²) in [5.74, 6) is -4.45. The number of aliphatic carboxylic acids is 4. The number of nitrogens with zero attached hydrogens (tertiary/aromatic N) is 2. The fraction of sp³-hybridized carbons (Fsp3) is 0.714. The second kappa shape index (κ2) is 13.1. The summed E-state index contributed by atoms with van der Waals surface area (Å²) in [6.07, 6.45) is 0.878. The third kappa shape index (κ3) is 15.1. The molecule has 0 aromatic carbocycles. The van der Waals surface area contributed by atoms with Gasteiger partial charge in [0.25, 0.3) is 0 Å². The summed E-state index contributed by atoms with van der Waals surface area (Å²) in [4.78, 5) is 45.1. The van der Waals surface area contributed by atoms with Crippen LogP contribution in [0.15, 0.2) is 0 Å². The number of carbonyl (C=O) groups is 4. The molecule has 0 atom stereocenters. The van der Waals surface area contributed by atoms with E-state index in [-0.39, 0.29) is 52.5 Å². The van der Waals surface area contributed by atoms with Gasteiger partial charge in [-0.25, -0.2) is 0 Å². The molecule has 0 aliphatic carbocycles. The predicted octanol–water partition coefficient (Wildman–Crippen LogP) is -1.27. The molecule has 25 heavy (non-hydrogen) atoms. The average molecular weight is 364 g/mol. The Hall–Kier alpha value is -2.24. The molecule has 0 unspecified atom stereocenters. The Balaban J connectivity index is 3.91. The quantitative estimate of drug-likeness (QED) is 0.241. The van der Waals surface area contributed by atoms with Crippen molar-refractivity contribution in [1.82, 2.24) is 9.80 Å². The van der Waals surface area contributed by atoms with Crippen LogP contribution in [0.1, 0.15) is 12.8 Å². The Morgan fingerprint density at radius 2 is 0.880 bits per heavy atom. The van der Waals surface area contributed by atoms with Crippen LogP contribution in [-0.4, -0.2) is 107 Å². The van der Waals surface area contributed by atoms with Gasteiger partial charge in [-0.15, -0.1) is 0 Å². The van der Waals surface area contributed by atoms with Gasteiger partial charge in [-0.3, -0.25) is 29.0 Å². The lowest BCUT2D eigenvalue weighted by molar-refractivity contribution is -0.143. The van der Waals surface area contributed by atoms with Crippen LogP contribution in [0.3, 0.4) is 0 Å². The summed E-state index contributed by atoms with van der Waals surface area (Å²) in [5.41, 5.74) is 0. The highest BCUT2D eigenvalue weighted by Crippen LogP contribution is 1.96. The van der Waals surface area contributed by atoms with Crippen molar-refractivity contribution in [1.29, 1.82) is 0 Å². The molecule has 0 aromatic heterocycles. The smallest absolute Gasteiger partial charge is 0.317 e. The van der Waals surface area contributed by atoms with Gasteiger partial charge in [0.1, 0.15) is 0 Å². The summed E-state index contributed by atoms with van der Waals surface area (Å²) < 4.78 is 5.31. The van der Waals surface area contributed by atoms with E-state index < -0.39 is 23.9 Å². The topological polar surface area (TPSA) is 165 Å². The molecular weight excluding hydrogens is 340 g/mol. The minimum Gasteiger partial charge on any atom is -0.480 e. The van der Waals surface area contributed by atoms with Crippen molar-refractivity contribution < 1.29 is 44.3 Å². The second-order valence-corrected chi connectivity index (χ2v) is 5.32. The van der Waals surface area contributed by atoms with Crippen molar-refractivity contribution in [3.63, 3.8) is 0 Å². The second-order valence-electron chi connectivity index (χ2n) is 5.32. The highest BCUT2D eigenvalue weighted by Gasteiger charge is 2.14. The molecule has 0 spiro atoms. The fourth-order valence-electron chi connectivity index (χ4n) is 2.08.